The molecule has 0 radical (unpaired) electrons. The van der Waals surface area contributed by atoms with Crippen LogP contribution in [0.5, 0.6) is 11.5 Å². The fourth-order valence-electron chi connectivity index (χ4n) is 1.54. The number of carbonyl (C=O) groups is 1. The highest BCUT2D eigenvalue weighted by Gasteiger charge is 2.13. The van der Waals surface area contributed by atoms with E-state index in [4.69, 9.17) is 21.7 Å². The second-order valence-corrected chi connectivity index (χ2v) is 4.86. The zero-order chi connectivity index (χ0) is 13.8. The van der Waals surface area contributed by atoms with Crippen molar-refractivity contribution in [1.82, 2.24) is 5.32 Å². The van der Waals surface area contributed by atoms with E-state index in [9.17, 15) is 4.79 Å². The van der Waals surface area contributed by atoms with Gasteiger partial charge >= 0.3 is 0 Å². The molecular formula is C13H16N2O3S. The van der Waals surface area contributed by atoms with Gasteiger partial charge in [0, 0.05) is 17.7 Å². The Bertz CT molecular complexity index is 503. The first-order chi connectivity index (χ1) is 9.06. The van der Waals surface area contributed by atoms with Gasteiger partial charge in [0.05, 0.1) is 0 Å². The highest BCUT2D eigenvalue weighted by molar-refractivity contribution is 7.80. The second kappa shape index (κ2) is 5.88. The molecule has 1 aliphatic heterocycles. The van der Waals surface area contributed by atoms with Gasteiger partial charge in [-0.3, -0.25) is 4.79 Å². The molecule has 0 unspecified atom stereocenters. The van der Waals surface area contributed by atoms with E-state index in [0.29, 0.717) is 24.7 Å². The maximum atomic E-state index is 11.5. The fourth-order valence-corrected chi connectivity index (χ4v) is 1.76. The molecule has 19 heavy (non-hydrogen) atoms. The van der Waals surface area contributed by atoms with Crippen LogP contribution in [0.1, 0.15) is 13.8 Å². The van der Waals surface area contributed by atoms with Crippen LogP contribution in [0.2, 0.25) is 0 Å². The molecule has 0 atom stereocenters. The van der Waals surface area contributed by atoms with Crippen molar-refractivity contribution in [3.05, 3.63) is 18.2 Å². The molecule has 0 saturated carbocycles. The number of hydrogen-bond donors (Lipinski definition) is 2. The molecular weight excluding hydrogens is 264 g/mol. The van der Waals surface area contributed by atoms with E-state index in [2.05, 4.69) is 10.6 Å². The third-order valence-corrected chi connectivity index (χ3v) is 2.77. The molecule has 0 saturated heterocycles. The molecule has 1 heterocycles. The Morgan fingerprint density at radius 2 is 1.95 bits per heavy atom. The summed E-state index contributed by atoms with van der Waals surface area (Å²) in [5.74, 6) is 1.17. The maximum absolute atomic E-state index is 11.5. The van der Waals surface area contributed by atoms with Crippen molar-refractivity contribution in [3.8, 4) is 11.5 Å². The van der Waals surface area contributed by atoms with Crippen LogP contribution in [0.3, 0.4) is 0 Å². The zero-order valence-corrected chi connectivity index (χ0v) is 11.7. The lowest BCUT2D eigenvalue weighted by Gasteiger charge is -2.19. The summed E-state index contributed by atoms with van der Waals surface area (Å²) in [6.07, 6.45) is 0. The van der Waals surface area contributed by atoms with Gasteiger partial charge in [-0.2, -0.15) is 0 Å². The molecule has 1 amide bonds. The molecule has 0 spiro atoms. The number of ether oxygens (including phenoxy) is 2. The highest BCUT2D eigenvalue weighted by atomic mass is 32.1. The molecule has 0 fully saturated rings. The summed E-state index contributed by atoms with van der Waals surface area (Å²) in [7, 11) is 0. The lowest BCUT2D eigenvalue weighted by Crippen LogP contribution is -2.36. The van der Waals surface area contributed by atoms with E-state index < -0.39 is 0 Å². The fraction of sp³-hybridized carbons (Fsp3) is 0.385. The van der Waals surface area contributed by atoms with Gasteiger partial charge in [0.25, 0.3) is 0 Å². The summed E-state index contributed by atoms with van der Waals surface area (Å²) in [6, 6.07) is 5.42. The predicted molar refractivity (Wildman–Crippen MR) is 76.6 cm³/mol. The number of anilines is 1. The first-order valence-electron chi connectivity index (χ1n) is 6.08. The van der Waals surface area contributed by atoms with Gasteiger partial charge in [-0.1, -0.05) is 13.8 Å². The smallest absolute Gasteiger partial charge is 0.228 e. The van der Waals surface area contributed by atoms with E-state index in [0.717, 1.165) is 5.69 Å². The molecule has 1 aromatic carbocycles. The van der Waals surface area contributed by atoms with Gasteiger partial charge in [0.1, 0.15) is 13.2 Å². The second-order valence-electron chi connectivity index (χ2n) is 4.46. The average molecular weight is 280 g/mol. The number of rotatable bonds is 2. The molecule has 0 bridgehead atoms. The minimum Gasteiger partial charge on any atom is -0.486 e. The zero-order valence-electron chi connectivity index (χ0n) is 10.9. The van der Waals surface area contributed by atoms with E-state index in [1.807, 2.05) is 26.0 Å². The van der Waals surface area contributed by atoms with Crippen LogP contribution in [0, 0.1) is 5.92 Å². The van der Waals surface area contributed by atoms with Crippen LogP contribution >= 0.6 is 12.2 Å². The molecule has 2 N–H and O–H groups in total. The van der Waals surface area contributed by atoms with Crippen LogP contribution in [0.25, 0.3) is 0 Å². The summed E-state index contributed by atoms with van der Waals surface area (Å²) < 4.78 is 10.9. The van der Waals surface area contributed by atoms with E-state index in [1.165, 1.54) is 0 Å². The number of benzene rings is 1. The number of amides is 1. The SMILES string of the molecule is CC(C)C(=O)NC(=S)Nc1ccc2c(c1)OCCO2. The Hall–Kier alpha value is -1.82. The van der Waals surface area contributed by atoms with Gasteiger partial charge in [0.15, 0.2) is 16.6 Å². The van der Waals surface area contributed by atoms with Crippen molar-refractivity contribution < 1.29 is 14.3 Å². The molecule has 102 valence electrons. The van der Waals surface area contributed by atoms with Crippen LogP contribution in [0.15, 0.2) is 18.2 Å². The van der Waals surface area contributed by atoms with Crippen molar-refractivity contribution in [3.63, 3.8) is 0 Å². The van der Waals surface area contributed by atoms with E-state index in [-0.39, 0.29) is 16.9 Å². The maximum Gasteiger partial charge on any atom is 0.228 e. The van der Waals surface area contributed by atoms with Crippen LogP contribution in [0.4, 0.5) is 5.69 Å². The molecule has 0 aliphatic carbocycles. The standard InChI is InChI=1S/C13H16N2O3S/c1-8(2)12(16)15-13(19)14-9-3-4-10-11(7-9)18-6-5-17-10/h3-4,7-8H,5-6H2,1-2H3,(H2,14,15,16,19). The Morgan fingerprint density at radius 1 is 1.26 bits per heavy atom. The van der Waals surface area contributed by atoms with Crippen LogP contribution < -0.4 is 20.1 Å². The summed E-state index contributed by atoms with van der Waals surface area (Å²) in [5, 5.41) is 5.83. The summed E-state index contributed by atoms with van der Waals surface area (Å²) in [6.45, 7) is 4.71. The number of carbonyl (C=O) groups excluding carboxylic acids is 1. The minimum absolute atomic E-state index is 0.111. The van der Waals surface area contributed by atoms with E-state index >= 15 is 0 Å². The highest BCUT2D eigenvalue weighted by Crippen LogP contribution is 2.32. The topological polar surface area (TPSA) is 59.6 Å². The van der Waals surface area contributed by atoms with Crippen LogP contribution in [-0.2, 0) is 4.79 Å². The van der Waals surface area contributed by atoms with E-state index in [1.54, 1.807) is 6.07 Å². The van der Waals surface area contributed by atoms with Crippen molar-refractivity contribution >= 4 is 28.9 Å². The summed E-state index contributed by atoms with van der Waals surface area (Å²) in [4.78, 5) is 11.5. The van der Waals surface area contributed by atoms with Crippen molar-refractivity contribution in [1.29, 1.82) is 0 Å². The number of fused-ring (bicyclic) bond motifs is 1. The molecule has 5 nitrogen and oxygen atoms in total. The largest absolute Gasteiger partial charge is 0.486 e. The normalized spacial score (nSPS) is 13.0. The first kappa shape index (κ1) is 13.6. The van der Waals surface area contributed by atoms with Gasteiger partial charge in [-0.05, 0) is 24.4 Å². The Labute approximate surface area is 117 Å². The first-order valence-corrected chi connectivity index (χ1v) is 6.48. The predicted octanol–water partition coefficient (Wildman–Crippen LogP) is 1.93. The van der Waals surface area contributed by atoms with Crippen molar-refractivity contribution in [2.24, 2.45) is 5.92 Å². The average Bonchev–Trinajstić information content (AvgIpc) is 2.38. The molecule has 0 aromatic heterocycles. The monoisotopic (exact) mass is 280 g/mol. The molecule has 1 aliphatic rings. The van der Waals surface area contributed by atoms with Gasteiger partial charge < -0.3 is 20.1 Å². The lowest BCUT2D eigenvalue weighted by molar-refractivity contribution is -0.122. The number of thiocarbonyl (C=S) groups is 1. The van der Waals surface area contributed by atoms with Crippen molar-refractivity contribution in [2.45, 2.75) is 13.8 Å². The van der Waals surface area contributed by atoms with Gasteiger partial charge in [-0.15, -0.1) is 0 Å². The third kappa shape index (κ3) is 3.57. The number of hydrogen-bond acceptors (Lipinski definition) is 4. The Morgan fingerprint density at radius 3 is 2.63 bits per heavy atom. The summed E-state index contributed by atoms with van der Waals surface area (Å²) in [5.41, 5.74) is 0.748. The lowest BCUT2D eigenvalue weighted by atomic mass is 10.2. The Balaban J connectivity index is 1.99. The quantitative estimate of drug-likeness (QED) is 0.811. The molecule has 2 rings (SSSR count). The van der Waals surface area contributed by atoms with Crippen molar-refractivity contribution in [2.75, 3.05) is 18.5 Å². The number of nitrogens with one attached hydrogen (secondary N) is 2. The van der Waals surface area contributed by atoms with Gasteiger partial charge in [0.2, 0.25) is 5.91 Å². The summed E-state index contributed by atoms with van der Waals surface area (Å²) >= 11 is 5.07. The Kier molecular flexibility index (Phi) is 4.21. The molecule has 1 aromatic rings. The third-order valence-electron chi connectivity index (χ3n) is 2.56. The molecule has 6 heteroatoms. The van der Waals surface area contributed by atoms with Gasteiger partial charge in [-0.25, -0.2) is 0 Å². The van der Waals surface area contributed by atoms with Crippen LogP contribution in [-0.4, -0.2) is 24.2 Å². The minimum atomic E-state index is -0.116.